The molecule has 0 aliphatic heterocycles. The topological polar surface area (TPSA) is 64.2 Å². The van der Waals surface area contributed by atoms with Crippen molar-refractivity contribution in [2.24, 2.45) is 0 Å². The Morgan fingerprint density at radius 2 is 1.96 bits per heavy atom. The van der Waals surface area contributed by atoms with Crippen LogP contribution in [0.1, 0.15) is 5.56 Å². The number of benzene rings is 2. The normalized spacial score (nSPS) is 10.9. The summed E-state index contributed by atoms with van der Waals surface area (Å²) in [6.45, 7) is 0.248. The third-order valence-corrected chi connectivity index (χ3v) is 3.82. The zero-order valence-electron chi connectivity index (χ0n) is 12.6. The van der Waals surface area contributed by atoms with Gasteiger partial charge in [0.15, 0.2) is 5.58 Å². The van der Waals surface area contributed by atoms with E-state index in [1.807, 2.05) is 0 Å². The molecule has 3 aromatic rings. The molecule has 1 amide bonds. The Bertz CT molecular complexity index is 931. The number of nitrogens with zero attached hydrogens (tertiary/aromatic N) is 1. The third kappa shape index (κ3) is 3.65. The molecule has 0 radical (unpaired) electrons. The molecule has 24 heavy (non-hydrogen) atoms. The summed E-state index contributed by atoms with van der Waals surface area (Å²) in [5.74, 6) is -1.22. The van der Waals surface area contributed by atoms with Gasteiger partial charge in [-0.15, -0.1) is 0 Å². The Kier molecular flexibility index (Phi) is 4.66. The van der Waals surface area contributed by atoms with Crippen molar-refractivity contribution in [3.05, 3.63) is 69.4 Å². The molecule has 1 heterocycles. The van der Waals surface area contributed by atoms with Gasteiger partial charge in [-0.05, 0) is 36.2 Å². The fourth-order valence-electron chi connectivity index (χ4n) is 2.39. The first kappa shape index (κ1) is 16.3. The second-order valence-electron chi connectivity index (χ2n) is 5.29. The number of halogens is 2. The SMILES string of the molecule is O=C(Cn1c(=O)oc2cc(Cl)ccc21)NCCc1ccc(F)cc1. The Labute approximate surface area is 141 Å². The highest BCUT2D eigenvalue weighted by molar-refractivity contribution is 6.31. The summed E-state index contributed by atoms with van der Waals surface area (Å²) in [5, 5.41) is 3.18. The fourth-order valence-corrected chi connectivity index (χ4v) is 2.55. The molecule has 5 nitrogen and oxygen atoms in total. The first-order valence-corrected chi connectivity index (χ1v) is 7.71. The zero-order chi connectivity index (χ0) is 17.1. The summed E-state index contributed by atoms with van der Waals surface area (Å²) in [7, 11) is 0. The largest absolute Gasteiger partial charge is 0.420 e. The molecule has 7 heteroatoms. The van der Waals surface area contributed by atoms with Crippen LogP contribution in [0.2, 0.25) is 5.02 Å². The molecule has 3 rings (SSSR count). The highest BCUT2D eigenvalue weighted by atomic mass is 35.5. The van der Waals surface area contributed by atoms with Gasteiger partial charge in [-0.25, -0.2) is 9.18 Å². The molecular formula is C17H14ClFN2O3. The lowest BCUT2D eigenvalue weighted by molar-refractivity contribution is -0.121. The summed E-state index contributed by atoms with van der Waals surface area (Å²) in [4.78, 5) is 23.9. The van der Waals surface area contributed by atoms with Gasteiger partial charge in [-0.2, -0.15) is 0 Å². The summed E-state index contributed by atoms with van der Waals surface area (Å²) >= 11 is 5.85. The van der Waals surface area contributed by atoms with Crippen molar-refractivity contribution in [1.29, 1.82) is 0 Å². The summed E-state index contributed by atoms with van der Waals surface area (Å²) in [6, 6.07) is 10.9. The zero-order valence-corrected chi connectivity index (χ0v) is 13.3. The molecule has 0 saturated carbocycles. The van der Waals surface area contributed by atoms with E-state index in [4.69, 9.17) is 16.0 Å². The van der Waals surface area contributed by atoms with Crippen LogP contribution in [-0.4, -0.2) is 17.0 Å². The minimum absolute atomic E-state index is 0.142. The van der Waals surface area contributed by atoms with E-state index < -0.39 is 5.76 Å². The van der Waals surface area contributed by atoms with E-state index in [0.717, 1.165) is 5.56 Å². The Morgan fingerprint density at radius 1 is 1.21 bits per heavy atom. The highest BCUT2D eigenvalue weighted by Gasteiger charge is 2.12. The van der Waals surface area contributed by atoms with Gasteiger partial charge < -0.3 is 9.73 Å². The molecule has 124 valence electrons. The van der Waals surface area contributed by atoms with Crippen LogP contribution in [0, 0.1) is 5.82 Å². The maximum atomic E-state index is 12.8. The lowest BCUT2D eigenvalue weighted by Gasteiger charge is -2.06. The van der Waals surface area contributed by atoms with Crippen LogP contribution in [-0.2, 0) is 17.8 Å². The summed E-state index contributed by atoms with van der Waals surface area (Å²) < 4.78 is 19.1. The van der Waals surface area contributed by atoms with Crippen LogP contribution in [0.4, 0.5) is 4.39 Å². The average molecular weight is 349 g/mol. The van der Waals surface area contributed by atoms with Crippen molar-refractivity contribution in [1.82, 2.24) is 9.88 Å². The molecular weight excluding hydrogens is 335 g/mol. The number of hydrogen-bond donors (Lipinski definition) is 1. The van der Waals surface area contributed by atoms with Crippen LogP contribution in [0.5, 0.6) is 0 Å². The average Bonchev–Trinajstić information content (AvgIpc) is 2.84. The second kappa shape index (κ2) is 6.88. The summed E-state index contributed by atoms with van der Waals surface area (Å²) in [6.07, 6.45) is 0.572. The number of aromatic nitrogens is 1. The molecule has 2 aromatic carbocycles. The van der Waals surface area contributed by atoms with Crippen LogP contribution in [0.3, 0.4) is 0 Å². The van der Waals surface area contributed by atoms with E-state index in [1.165, 1.54) is 22.8 Å². The number of carbonyl (C=O) groups excluding carboxylic acids is 1. The van der Waals surface area contributed by atoms with Crippen molar-refractivity contribution in [2.45, 2.75) is 13.0 Å². The standard InChI is InChI=1S/C17H14ClFN2O3/c18-12-3-6-14-15(9-12)24-17(23)21(14)10-16(22)20-8-7-11-1-4-13(19)5-2-11/h1-6,9H,7-8,10H2,(H,20,22). The van der Waals surface area contributed by atoms with Gasteiger partial charge in [0.25, 0.3) is 0 Å². The second-order valence-corrected chi connectivity index (χ2v) is 5.73. The van der Waals surface area contributed by atoms with Crippen LogP contribution < -0.4 is 11.1 Å². The van der Waals surface area contributed by atoms with E-state index in [-0.39, 0.29) is 18.3 Å². The quantitative estimate of drug-likeness (QED) is 0.771. The van der Waals surface area contributed by atoms with Gasteiger partial charge in [0.2, 0.25) is 5.91 Å². The lowest BCUT2D eigenvalue weighted by atomic mass is 10.1. The Hall–Kier alpha value is -2.60. The van der Waals surface area contributed by atoms with Crippen molar-refractivity contribution < 1.29 is 13.6 Å². The molecule has 0 unspecified atom stereocenters. The number of carbonyl (C=O) groups is 1. The predicted molar refractivity (Wildman–Crippen MR) is 88.6 cm³/mol. The highest BCUT2D eigenvalue weighted by Crippen LogP contribution is 2.18. The number of nitrogens with one attached hydrogen (secondary N) is 1. The van der Waals surface area contributed by atoms with Crippen LogP contribution in [0.15, 0.2) is 51.7 Å². The number of fused-ring (bicyclic) bond motifs is 1. The van der Waals surface area contributed by atoms with Gasteiger partial charge in [-0.3, -0.25) is 9.36 Å². The Balaban J connectivity index is 1.62. The predicted octanol–water partition coefficient (Wildman–Crippen LogP) is 2.75. The van der Waals surface area contributed by atoms with E-state index in [0.29, 0.717) is 29.1 Å². The van der Waals surface area contributed by atoms with Crippen LogP contribution in [0.25, 0.3) is 11.1 Å². The first-order valence-electron chi connectivity index (χ1n) is 7.33. The van der Waals surface area contributed by atoms with Gasteiger partial charge in [0.05, 0.1) is 5.52 Å². The maximum Gasteiger partial charge on any atom is 0.420 e. The number of rotatable bonds is 5. The van der Waals surface area contributed by atoms with Crippen molar-refractivity contribution in [3.63, 3.8) is 0 Å². The molecule has 0 fully saturated rings. The molecule has 0 atom stereocenters. The molecule has 1 N–H and O–H groups in total. The summed E-state index contributed by atoms with van der Waals surface area (Å²) in [5.41, 5.74) is 1.77. The Morgan fingerprint density at radius 3 is 2.71 bits per heavy atom. The molecule has 0 bridgehead atoms. The van der Waals surface area contributed by atoms with E-state index in [9.17, 15) is 14.0 Å². The smallest absolute Gasteiger partial charge is 0.408 e. The van der Waals surface area contributed by atoms with Crippen LogP contribution >= 0.6 is 11.6 Å². The molecule has 0 aliphatic carbocycles. The van der Waals surface area contributed by atoms with Gasteiger partial charge in [0, 0.05) is 17.6 Å². The lowest BCUT2D eigenvalue weighted by Crippen LogP contribution is -2.32. The van der Waals surface area contributed by atoms with Crippen molar-refractivity contribution in [2.75, 3.05) is 6.54 Å². The van der Waals surface area contributed by atoms with E-state index >= 15 is 0 Å². The number of hydrogen-bond acceptors (Lipinski definition) is 3. The number of oxazole rings is 1. The van der Waals surface area contributed by atoms with Gasteiger partial charge in [0.1, 0.15) is 12.4 Å². The van der Waals surface area contributed by atoms with E-state index in [2.05, 4.69) is 5.32 Å². The number of amides is 1. The molecule has 0 saturated heterocycles. The maximum absolute atomic E-state index is 12.8. The minimum Gasteiger partial charge on any atom is -0.408 e. The van der Waals surface area contributed by atoms with Crippen molar-refractivity contribution >= 4 is 28.6 Å². The fraction of sp³-hybridized carbons (Fsp3) is 0.176. The third-order valence-electron chi connectivity index (χ3n) is 3.58. The molecule has 1 aromatic heterocycles. The van der Waals surface area contributed by atoms with Gasteiger partial charge in [-0.1, -0.05) is 23.7 Å². The minimum atomic E-state index is -0.610. The monoisotopic (exact) mass is 348 g/mol. The van der Waals surface area contributed by atoms with E-state index in [1.54, 1.807) is 24.3 Å². The first-order chi connectivity index (χ1) is 11.5. The molecule has 0 spiro atoms. The van der Waals surface area contributed by atoms with Gasteiger partial charge >= 0.3 is 5.76 Å². The molecule has 0 aliphatic rings. The van der Waals surface area contributed by atoms with Crippen molar-refractivity contribution in [3.8, 4) is 0 Å².